The highest BCUT2D eigenvalue weighted by Gasteiger charge is 2.24. The number of alkyl halides is 1. The summed E-state index contributed by atoms with van der Waals surface area (Å²) >= 11 is 5.74. The summed E-state index contributed by atoms with van der Waals surface area (Å²) < 4.78 is 26.3. The van der Waals surface area contributed by atoms with Gasteiger partial charge in [-0.1, -0.05) is 12.1 Å². The van der Waals surface area contributed by atoms with Crippen molar-refractivity contribution in [1.82, 2.24) is 0 Å². The monoisotopic (exact) mass is 319 g/mol. The minimum absolute atomic E-state index is 0.261. The number of rotatable bonds is 3. The number of anilines is 1. The van der Waals surface area contributed by atoms with E-state index in [9.17, 15) is 13.6 Å². The van der Waals surface area contributed by atoms with Crippen LogP contribution in [0.1, 0.15) is 16.7 Å². The zero-order valence-electron chi connectivity index (χ0n) is 11.5. The highest BCUT2D eigenvalue weighted by atomic mass is 35.5. The molecule has 0 unspecified atom stereocenters. The molecule has 0 radical (unpaired) electrons. The number of carbonyl (C=O) groups excluding carboxylic acids is 1. The molecular weight excluding hydrogens is 308 g/mol. The first-order chi connectivity index (χ1) is 10.6. The van der Waals surface area contributed by atoms with Crippen LogP contribution in [0.2, 0.25) is 0 Å². The highest BCUT2D eigenvalue weighted by Crippen LogP contribution is 2.34. The molecule has 0 aliphatic carbocycles. The van der Waals surface area contributed by atoms with Gasteiger partial charge in [0.15, 0.2) is 11.6 Å². The Morgan fingerprint density at radius 2 is 1.91 bits per heavy atom. The fourth-order valence-corrected chi connectivity index (χ4v) is 2.63. The number of nitrogens with one attached hydrogen (secondary N) is 1. The Balaban J connectivity index is 2.04. The van der Waals surface area contributed by atoms with Crippen molar-refractivity contribution in [2.75, 3.05) is 11.2 Å². The van der Waals surface area contributed by atoms with E-state index in [4.69, 9.17) is 11.6 Å². The lowest BCUT2D eigenvalue weighted by Crippen LogP contribution is -2.03. The number of benzene rings is 2. The molecule has 1 aliphatic heterocycles. The first-order valence-corrected chi connectivity index (χ1v) is 7.29. The second-order valence-corrected chi connectivity index (χ2v) is 5.38. The third-order valence-corrected chi connectivity index (χ3v) is 3.69. The molecule has 0 spiro atoms. The Labute approximate surface area is 131 Å². The van der Waals surface area contributed by atoms with E-state index < -0.39 is 11.6 Å². The van der Waals surface area contributed by atoms with Crippen LogP contribution >= 0.6 is 11.6 Å². The molecule has 22 heavy (non-hydrogen) atoms. The summed E-state index contributed by atoms with van der Waals surface area (Å²) in [5, 5.41) is 2.76. The van der Waals surface area contributed by atoms with Crippen LogP contribution in [0.15, 0.2) is 36.4 Å². The van der Waals surface area contributed by atoms with Gasteiger partial charge in [-0.05, 0) is 47.9 Å². The van der Waals surface area contributed by atoms with Crippen molar-refractivity contribution in [2.45, 2.75) is 6.42 Å². The Morgan fingerprint density at radius 1 is 1.09 bits per heavy atom. The van der Waals surface area contributed by atoms with E-state index >= 15 is 0 Å². The van der Waals surface area contributed by atoms with E-state index in [1.807, 2.05) is 18.2 Å². The van der Waals surface area contributed by atoms with Crippen molar-refractivity contribution in [3.63, 3.8) is 0 Å². The molecule has 3 rings (SSSR count). The zero-order chi connectivity index (χ0) is 15.7. The van der Waals surface area contributed by atoms with Gasteiger partial charge in [0.2, 0.25) is 0 Å². The van der Waals surface area contributed by atoms with Gasteiger partial charge in [-0.2, -0.15) is 0 Å². The number of halogens is 3. The number of fused-ring (bicyclic) bond motifs is 1. The molecule has 0 saturated heterocycles. The molecule has 1 amide bonds. The van der Waals surface area contributed by atoms with Gasteiger partial charge in [-0.15, -0.1) is 11.6 Å². The summed E-state index contributed by atoms with van der Waals surface area (Å²) in [5.41, 5.74) is 3.33. The van der Waals surface area contributed by atoms with Crippen LogP contribution in [0.3, 0.4) is 0 Å². The first kappa shape index (κ1) is 14.7. The Hall–Kier alpha value is -2.20. The smallest absolute Gasteiger partial charge is 0.256 e. The fourth-order valence-electron chi connectivity index (χ4n) is 2.41. The van der Waals surface area contributed by atoms with Gasteiger partial charge in [0, 0.05) is 22.7 Å². The van der Waals surface area contributed by atoms with Gasteiger partial charge in [0.05, 0.1) is 0 Å². The van der Waals surface area contributed by atoms with Crippen molar-refractivity contribution in [3.05, 3.63) is 64.7 Å². The molecule has 5 heteroatoms. The highest BCUT2D eigenvalue weighted by molar-refractivity contribution is 6.34. The summed E-state index contributed by atoms with van der Waals surface area (Å²) in [6.07, 6.45) is 2.25. The molecule has 0 saturated carbocycles. The molecule has 0 fully saturated rings. The number of hydrogen-bond donors (Lipinski definition) is 1. The van der Waals surface area contributed by atoms with Gasteiger partial charge in [-0.25, -0.2) is 8.78 Å². The van der Waals surface area contributed by atoms with E-state index in [1.165, 1.54) is 6.07 Å². The van der Waals surface area contributed by atoms with Crippen molar-refractivity contribution < 1.29 is 13.6 Å². The first-order valence-electron chi connectivity index (χ1n) is 6.76. The molecule has 2 nitrogen and oxygen atoms in total. The molecule has 2 aromatic rings. The predicted molar refractivity (Wildman–Crippen MR) is 83.7 cm³/mol. The lowest BCUT2D eigenvalue weighted by Gasteiger charge is -2.03. The molecule has 0 atom stereocenters. The Kier molecular flexibility index (Phi) is 3.94. The maximum Gasteiger partial charge on any atom is 0.256 e. The van der Waals surface area contributed by atoms with Crippen molar-refractivity contribution in [2.24, 2.45) is 0 Å². The number of aryl methyl sites for hydroxylation is 1. The second-order valence-electron chi connectivity index (χ2n) is 5.00. The molecular formula is C17H12ClF2NO. The van der Waals surface area contributed by atoms with Gasteiger partial charge < -0.3 is 5.32 Å². The summed E-state index contributed by atoms with van der Waals surface area (Å²) in [6, 6.07) is 9.15. The molecule has 1 heterocycles. The standard InChI is InChI=1S/C17H12ClF2NO/c18-6-5-10-2-4-16-12(7-10)13(17(22)21-16)8-11-1-3-14(19)15(20)9-11/h1-4,7-9H,5-6H2,(H,21,22). The van der Waals surface area contributed by atoms with Crippen LogP contribution in [0, 0.1) is 11.6 Å². The lowest BCUT2D eigenvalue weighted by atomic mass is 10.0. The lowest BCUT2D eigenvalue weighted by molar-refractivity contribution is -0.110. The van der Waals surface area contributed by atoms with Crippen LogP contribution in [0.25, 0.3) is 11.6 Å². The van der Waals surface area contributed by atoms with E-state index in [0.29, 0.717) is 29.1 Å². The molecule has 0 bridgehead atoms. The quantitative estimate of drug-likeness (QED) is 0.665. The minimum atomic E-state index is -0.941. The topological polar surface area (TPSA) is 29.1 Å². The minimum Gasteiger partial charge on any atom is -0.321 e. The van der Waals surface area contributed by atoms with Crippen LogP contribution in [0.5, 0.6) is 0 Å². The van der Waals surface area contributed by atoms with Crippen LogP contribution in [-0.4, -0.2) is 11.8 Å². The maximum absolute atomic E-state index is 13.3. The average molecular weight is 320 g/mol. The van der Waals surface area contributed by atoms with E-state index in [2.05, 4.69) is 5.32 Å². The van der Waals surface area contributed by atoms with Crippen molar-refractivity contribution in [3.8, 4) is 0 Å². The molecule has 1 N–H and O–H groups in total. The van der Waals surface area contributed by atoms with Gasteiger partial charge >= 0.3 is 0 Å². The Bertz CT molecular complexity index is 786. The van der Waals surface area contributed by atoms with Gasteiger partial charge in [-0.3, -0.25) is 4.79 Å². The molecule has 112 valence electrons. The largest absolute Gasteiger partial charge is 0.321 e. The molecule has 0 aromatic heterocycles. The second kappa shape index (κ2) is 5.89. The van der Waals surface area contributed by atoms with E-state index in [0.717, 1.165) is 23.3 Å². The van der Waals surface area contributed by atoms with Crippen LogP contribution in [0.4, 0.5) is 14.5 Å². The summed E-state index contributed by atoms with van der Waals surface area (Å²) in [4.78, 5) is 12.1. The summed E-state index contributed by atoms with van der Waals surface area (Å²) in [5.74, 6) is -1.63. The fraction of sp³-hybridized carbons (Fsp3) is 0.118. The molecule has 1 aliphatic rings. The number of amides is 1. The Morgan fingerprint density at radius 3 is 2.64 bits per heavy atom. The van der Waals surface area contributed by atoms with Crippen molar-refractivity contribution >= 4 is 34.8 Å². The number of hydrogen-bond acceptors (Lipinski definition) is 1. The summed E-state index contributed by atoms with van der Waals surface area (Å²) in [6.45, 7) is 0. The van der Waals surface area contributed by atoms with Crippen LogP contribution < -0.4 is 5.32 Å². The maximum atomic E-state index is 13.3. The SMILES string of the molecule is O=C1Nc2ccc(CCCl)cc2C1=Cc1ccc(F)c(F)c1. The number of carbonyl (C=O) groups is 1. The normalized spacial score (nSPS) is 15.0. The predicted octanol–water partition coefficient (Wildman–Crippen LogP) is 4.24. The third kappa shape index (κ3) is 2.74. The average Bonchev–Trinajstić information content (AvgIpc) is 2.79. The van der Waals surface area contributed by atoms with Crippen LogP contribution in [-0.2, 0) is 11.2 Å². The third-order valence-electron chi connectivity index (χ3n) is 3.50. The van der Waals surface area contributed by atoms with E-state index in [1.54, 1.807) is 6.08 Å². The zero-order valence-corrected chi connectivity index (χ0v) is 12.3. The van der Waals surface area contributed by atoms with Crippen molar-refractivity contribution in [1.29, 1.82) is 0 Å². The summed E-state index contributed by atoms with van der Waals surface area (Å²) in [7, 11) is 0. The van der Waals surface area contributed by atoms with Gasteiger partial charge in [0.1, 0.15) is 0 Å². The van der Waals surface area contributed by atoms with Gasteiger partial charge in [0.25, 0.3) is 5.91 Å². The van der Waals surface area contributed by atoms with E-state index in [-0.39, 0.29) is 5.91 Å². The molecule has 2 aromatic carbocycles.